The van der Waals surface area contributed by atoms with Crippen molar-refractivity contribution in [1.29, 1.82) is 0 Å². The van der Waals surface area contributed by atoms with E-state index >= 15 is 0 Å². The van der Waals surface area contributed by atoms with Crippen molar-refractivity contribution >= 4 is 22.6 Å². The molecule has 3 rings (SSSR count). The number of rotatable bonds is 4. The Balaban J connectivity index is 2.46. The summed E-state index contributed by atoms with van der Waals surface area (Å²) in [5.41, 5.74) is 3.76. The maximum absolute atomic E-state index is 12.3. The third kappa shape index (κ3) is 1.68. The number of carbonyl (C=O) groups is 1. The first-order valence-corrected chi connectivity index (χ1v) is 7.18. The van der Waals surface area contributed by atoms with E-state index in [0.717, 1.165) is 41.2 Å². The molecule has 1 aromatic carbocycles. The molecule has 0 saturated carbocycles. The van der Waals surface area contributed by atoms with Crippen molar-refractivity contribution in [2.75, 3.05) is 0 Å². The number of hydrogen-bond donors (Lipinski definition) is 0. The van der Waals surface area contributed by atoms with Gasteiger partial charge >= 0.3 is 0 Å². The van der Waals surface area contributed by atoms with Crippen LogP contribution in [0.1, 0.15) is 42.9 Å². The van der Waals surface area contributed by atoms with Gasteiger partial charge in [-0.3, -0.25) is 9.20 Å². The normalized spacial score (nSPS) is 11.6. The molecule has 4 heteroatoms. The van der Waals surface area contributed by atoms with Crippen molar-refractivity contribution in [3.05, 3.63) is 35.7 Å². The predicted octanol–water partition coefficient (Wildman–Crippen LogP) is 3.60. The lowest BCUT2D eigenvalue weighted by molar-refractivity contribution is 0.0982. The van der Waals surface area contributed by atoms with E-state index in [1.54, 1.807) is 0 Å². The molecule has 2 heterocycles. The molecule has 104 valence electrons. The molecule has 20 heavy (non-hydrogen) atoms. The molecule has 4 nitrogen and oxygen atoms in total. The van der Waals surface area contributed by atoms with Gasteiger partial charge in [-0.15, -0.1) is 0 Å². The SMILES string of the molecule is CCCn1c2ccccc2n2c(C(=O)CC)c(C)nc12. The highest BCUT2D eigenvalue weighted by Crippen LogP contribution is 2.25. The highest BCUT2D eigenvalue weighted by atomic mass is 16.1. The van der Waals surface area contributed by atoms with Gasteiger partial charge in [-0.1, -0.05) is 26.0 Å². The monoisotopic (exact) mass is 269 g/mol. The van der Waals surface area contributed by atoms with Gasteiger partial charge in [0.1, 0.15) is 5.69 Å². The first kappa shape index (κ1) is 12.9. The molecule has 0 atom stereocenters. The Morgan fingerprint density at radius 2 is 1.90 bits per heavy atom. The summed E-state index contributed by atoms with van der Waals surface area (Å²) in [5.74, 6) is 1.02. The molecule has 0 N–H and O–H groups in total. The molecule has 0 radical (unpaired) electrons. The van der Waals surface area contributed by atoms with Gasteiger partial charge in [-0.05, 0) is 25.5 Å². The van der Waals surface area contributed by atoms with E-state index in [1.807, 2.05) is 30.4 Å². The molecule has 0 saturated heterocycles. The Hall–Kier alpha value is -2.10. The highest BCUT2D eigenvalue weighted by molar-refractivity contribution is 5.98. The predicted molar refractivity (Wildman–Crippen MR) is 80.3 cm³/mol. The maximum atomic E-state index is 12.3. The van der Waals surface area contributed by atoms with Crippen molar-refractivity contribution < 1.29 is 4.79 Å². The number of Topliss-reactive ketones (excluding diaryl/α,β-unsaturated/α-hetero) is 1. The molecule has 3 aromatic rings. The highest BCUT2D eigenvalue weighted by Gasteiger charge is 2.21. The fourth-order valence-corrected chi connectivity index (χ4v) is 2.85. The minimum Gasteiger partial charge on any atom is -0.310 e. The van der Waals surface area contributed by atoms with Crippen LogP contribution in [0.4, 0.5) is 0 Å². The third-order valence-corrected chi connectivity index (χ3v) is 3.72. The maximum Gasteiger partial charge on any atom is 0.215 e. The van der Waals surface area contributed by atoms with Gasteiger partial charge in [0.25, 0.3) is 0 Å². The summed E-state index contributed by atoms with van der Waals surface area (Å²) >= 11 is 0. The number of aromatic nitrogens is 3. The van der Waals surface area contributed by atoms with Crippen molar-refractivity contribution in [3.8, 4) is 0 Å². The summed E-state index contributed by atoms with van der Waals surface area (Å²) in [5, 5.41) is 0. The Bertz CT molecular complexity index is 795. The summed E-state index contributed by atoms with van der Waals surface area (Å²) in [6.45, 7) is 6.87. The number of hydrogen-bond acceptors (Lipinski definition) is 2. The fraction of sp³-hybridized carbons (Fsp3) is 0.375. The van der Waals surface area contributed by atoms with Crippen LogP contribution in [-0.2, 0) is 6.54 Å². The van der Waals surface area contributed by atoms with E-state index in [0.29, 0.717) is 6.42 Å². The zero-order chi connectivity index (χ0) is 14.3. The molecule has 0 aliphatic heterocycles. The molecular weight excluding hydrogens is 250 g/mol. The average Bonchev–Trinajstić information content (AvgIpc) is 2.94. The number of benzene rings is 1. The summed E-state index contributed by atoms with van der Waals surface area (Å²) in [4.78, 5) is 16.9. The average molecular weight is 269 g/mol. The zero-order valence-electron chi connectivity index (χ0n) is 12.2. The van der Waals surface area contributed by atoms with Gasteiger partial charge in [-0.2, -0.15) is 0 Å². The summed E-state index contributed by atoms with van der Waals surface area (Å²) in [6, 6.07) is 8.19. The molecule has 2 aromatic heterocycles. The minimum atomic E-state index is 0.148. The summed E-state index contributed by atoms with van der Waals surface area (Å²) in [7, 11) is 0. The van der Waals surface area contributed by atoms with Crippen LogP contribution in [0.15, 0.2) is 24.3 Å². The van der Waals surface area contributed by atoms with Crippen LogP contribution in [0.2, 0.25) is 0 Å². The van der Waals surface area contributed by atoms with Gasteiger partial charge in [0.2, 0.25) is 5.78 Å². The van der Waals surface area contributed by atoms with Crippen LogP contribution in [-0.4, -0.2) is 19.7 Å². The first-order chi connectivity index (χ1) is 9.69. The van der Waals surface area contributed by atoms with Crippen LogP contribution < -0.4 is 0 Å². The number of nitrogens with zero attached hydrogens (tertiary/aromatic N) is 3. The number of fused-ring (bicyclic) bond motifs is 3. The standard InChI is InChI=1S/C16H19N3O/c1-4-10-18-12-8-6-7-9-13(12)19-15(14(20)5-2)11(3)17-16(18)19/h6-9H,4-5,10H2,1-3H3. The second-order valence-electron chi connectivity index (χ2n) is 5.10. The van der Waals surface area contributed by atoms with Crippen LogP contribution in [0, 0.1) is 6.92 Å². The fourth-order valence-electron chi connectivity index (χ4n) is 2.85. The van der Waals surface area contributed by atoms with Crippen molar-refractivity contribution in [2.45, 2.75) is 40.2 Å². The molecule has 0 fully saturated rings. The Morgan fingerprint density at radius 3 is 2.55 bits per heavy atom. The van der Waals surface area contributed by atoms with E-state index in [9.17, 15) is 4.79 Å². The molecule has 0 aliphatic carbocycles. The number of carbonyl (C=O) groups excluding carboxylic acids is 1. The van der Waals surface area contributed by atoms with Gasteiger partial charge in [0.15, 0.2) is 5.78 Å². The molecule has 0 spiro atoms. The second-order valence-corrected chi connectivity index (χ2v) is 5.10. The number of aryl methyl sites for hydroxylation is 2. The Kier molecular flexibility index (Phi) is 3.08. The molecular formula is C16H19N3O. The number of para-hydroxylation sites is 2. The topological polar surface area (TPSA) is 39.3 Å². The largest absolute Gasteiger partial charge is 0.310 e. The van der Waals surface area contributed by atoms with Crippen molar-refractivity contribution in [3.63, 3.8) is 0 Å². The first-order valence-electron chi connectivity index (χ1n) is 7.18. The van der Waals surface area contributed by atoms with Crippen molar-refractivity contribution in [1.82, 2.24) is 14.0 Å². The van der Waals surface area contributed by atoms with Gasteiger partial charge in [0.05, 0.1) is 16.7 Å². The number of imidazole rings is 2. The van der Waals surface area contributed by atoms with E-state index in [-0.39, 0.29) is 5.78 Å². The third-order valence-electron chi connectivity index (χ3n) is 3.72. The van der Waals surface area contributed by atoms with Gasteiger partial charge in [0, 0.05) is 13.0 Å². The Labute approximate surface area is 118 Å². The van der Waals surface area contributed by atoms with Gasteiger partial charge < -0.3 is 4.57 Å². The lowest BCUT2D eigenvalue weighted by atomic mass is 10.2. The van der Waals surface area contributed by atoms with Crippen molar-refractivity contribution in [2.24, 2.45) is 0 Å². The number of ketones is 1. The van der Waals surface area contributed by atoms with E-state index in [1.165, 1.54) is 0 Å². The molecule has 0 unspecified atom stereocenters. The molecule has 0 bridgehead atoms. The lowest BCUT2D eigenvalue weighted by Crippen LogP contribution is -2.03. The van der Waals surface area contributed by atoms with Crippen LogP contribution in [0.5, 0.6) is 0 Å². The zero-order valence-corrected chi connectivity index (χ0v) is 12.2. The summed E-state index contributed by atoms with van der Waals surface area (Å²) in [6.07, 6.45) is 1.54. The quantitative estimate of drug-likeness (QED) is 0.679. The summed E-state index contributed by atoms with van der Waals surface area (Å²) < 4.78 is 4.22. The smallest absolute Gasteiger partial charge is 0.215 e. The van der Waals surface area contributed by atoms with Gasteiger partial charge in [-0.25, -0.2) is 4.98 Å². The second kappa shape index (κ2) is 4.78. The minimum absolute atomic E-state index is 0.148. The van der Waals surface area contributed by atoms with Crippen LogP contribution in [0.25, 0.3) is 16.8 Å². The lowest BCUT2D eigenvalue weighted by Gasteiger charge is -2.01. The van der Waals surface area contributed by atoms with E-state index < -0.39 is 0 Å². The molecule has 0 amide bonds. The van der Waals surface area contributed by atoms with E-state index in [4.69, 9.17) is 0 Å². The van der Waals surface area contributed by atoms with E-state index in [2.05, 4.69) is 28.6 Å². The van der Waals surface area contributed by atoms with Crippen LogP contribution in [0.3, 0.4) is 0 Å². The molecule has 0 aliphatic rings. The Morgan fingerprint density at radius 1 is 1.20 bits per heavy atom. The van der Waals surface area contributed by atoms with Crippen LogP contribution >= 0.6 is 0 Å².